The first-order valence-corrected chi connectivity index (χ1v) is 15.2. The van der Waals surface area contributed by atoms with E-state index in [1.165, 1.54) is 19.3 Å². The van der Waals surface area contributed by atoms with Crippen LogP contribution in [0.4, 0.5) is 0 Å². The Balaban J connectivity index is 1.21. The van der Waals surface area contributed by atoms with Crippen LogP contribution < -0.4 is 16.0 Å². The summed E-state index contributed by atoms with van der Waals surface area (Å²) in [4.78, 5) is 36.7. The second kappa shape index (κ2) is 14.8. The van der Waals surface area contributed by atoms with Crippen molar-refractivity contribution in [3.05, 3.63) is 102 Å². The summed E-state index contributed by atoms with van der Waals surface area (Å²) in [5.41, 5.74) is 2.68. The number of benzene rings is 3. The molecule has 1 unspecified atom stereocenters. The maximum Gasteiger partial charge on any atom is 0.251 e. The number of imidazole rings is 1. The molecule has 8 nitrogen and oxygen atoms in total. The standard InChI is InChI=1S/C34H42N6O2/c1-25(29-12-7-10-27-9-3-4-11-30(27)29)38-34(42)31(13-8-22-40-20-5-2-6-21-40)39-33(41)28-16-14-26(15-17-28)23-35-24-32-36-18-19-37-32/h3-4,7,9-12,14-19,25,31,35H,2,5-6,8,13,20-24H2,1H3,(H,36,37)(H,38,42)(H,39,41)/t25?,31-/m0/s1. The van der Waals surface area contributed by atoms with Gasteiger partial charge in [-0.25, -0.2) is 4.98 Å². The SMILES string of the molecule is CC(NC(=O)[C@H](CCCN1CCCCC1)NC(=O)c1ccc(CNCc2ncc[nH]2)cc1)c1cccc2ccccc12. The fourth-order valence-corrected chi connectivity index (χ4v) is 5.73. The molecule has 4 aromatic rings. The van der Waals surface area contributed by atoms with Crippen molar-refractivity contribution < 1.29 is 9.59 Å². The highest BCUT2D eigenvalue weighted by Crippen LogP contribution is 2.24. The molecule has 1 saturated heterocycles. The highest BCUT2D eigenvalue weighted by atomic mass is 16.2. The highest BCUT2D eigenvalue weighted by Gasteiger charge is 2.24. The lowest BCUT2D eigenvalue weighted by Gasteiger charge is -2.27. The molecular weight excluding hydrogens is 524 g/mol. The maximum atomic E-state index is 13.6. The van der Waals surface area contributed by atoms with Crippen LogP contribution in [0.2, 0.25) is 0 Å². The highest BCUT2D eigenvalue weighted by molar-refractivity contribution is 5.97. The van der Waals surface area contributed by atoms with E-state index >= 15 is 0 Å². The lowest BCUT2D eigenvalue weighted by Crippen LogP contribution is -2.47. The van der Waals surface area contributed by atoms with Gasteiger partial charge in [-0.15, -0.1) is 0 Å². The number of aromatic amines is 1. The second-order valence-corrected chi connectivity index (χ2v) is 11.2. The van der Waals surface area contributed by atoms with Crippen LogP contribution in [-0.4, -0.2) is 52.4 Å². The Morgan fingerprint density at radius 3 is 2.50 bits per heavy atom. The summed E-state index contributed by atoms with van der Waals surface area (Å²) < 4.78 is 0. The van der Waals surface area contributed by atoms with E-state index in [0.717, 1.165) is 53.8 Å². The number of carbonyl (C=O) groups is 2. The van der Waals surface area contributed by atoms with Gasteiger partial charge in [-0.3, -0.25) is 9.59 Å². The molecule has 0 bridgehead atoms. The van der Waals surface area contributed by atoms with Crippen molar-refractivity contribution >= 4 is 22.6 Å². The average Bonchev–Trinajstić information content (AvgIpc) is 3.54. The van der Waals surface area contributed by atoms with Crippen molar-refractivity contribution in [1.29, 1.82) is 0 Å². The molecule has 0 saturated carbocycles. The van der Waals surface area contributed by atoms with E-state index in [0.29, 0.717) is 25.1 Å². The Morgan fingerprint density at radius 1 is 0.929 bits per heavy atom. The van der Waals surface area contributed by atoms with E-state index in [-0.39, 0.29) is 17.9 Å². The lowest BCUT2D eigenvalue weighted by molar-refractivity contribution is -0.123. The number of H-pyrrole nitrogens is 1. The van der Waals surface area contributed by atoms with Gasteiger partial charge in [0.05, 0.1) is 12.6 Å². The lowest BCUT2D eigenvalue weighted by atomic mass is 9.99. The van der Waals surface area contributed by atoms with Crippen LogP contribution >= 0.6 is 0 Å². The predicted octanol–water partition coefficient (Wildman–Crippen LogP) is 5.09. The summed E-state index contributed by atoms with van der Waals surface area (Å²) in [6, 6.07) is 21.1. The van der Waals surface area contributed by atoms with Crippen LogP contribution in [0, 0.1) is 0 Å². The van der Waals surface area contributed by atoms with Gasteiger partial charge in [0.1, 0.15) is 11.9 Å². The molecule has 3 aromatic carbocycles. The topological polar surface area (TPSA) is 102 Å². The molecule has 1 aliphatic rings. The van der Waals surface area contributed by atoms with Gasteiger partial charge in [-0.1, -0.05) is 61.0 Å². The molecule has 0 radical (unpaired) electrons. The third-order valence-electron chi connectivity index (χ3n) is 8.08. The van der Waals surface area contributed by atoms with E-state index in [9.17, 15) is 9.59 Å². The van der Waals surface area contributed by atoms with Crippen LogP contribution in [-0.2, 0) is 17.9 Å². The number of nitrogens with zero attached hydrogens (tertiary/aromatic N) is 2. The Morgan fingerprint density at radius 2 is 1.71 bits per heavy atom. The average molecular weight is 567 g/mol. The first-order valence-electron chi connectivity index (χ1n) is 15.2. The molecule has 2 amide bonds. The zero-order valence-corrected chi connectivity index (χ0v) is 24.4. The zero-order chi connectivity index (χ0) is 29.1. The smallest absolute Gasteiger partial charge is 0.251 e. The predicted molar refractivity (Wildman–Crippen MR) is 167 cm³/mol. The maximum absolute atomic E-state index is 13.6. The van der Waals surface area contributed by atoms with Gasteiger partial charge in [0.15, 0.2) is 0 Å². The quantitative estimate of drug-likeness (QED) is 0.181. The Labute approximate surface area is 248 Å². The van der Waals surface area contributed by atoms with Crippen molar-refractivity contribution in [2.75, 3.05) is 19.6 Å². The van der Waals surface area contributed by atoms with Gasteiger partial charge in [-0.2, -0.15) is 0 Å². The number of aromatic nitrogens is 2. The molecule has 1 aliphatic heterocycles. The first-order chi connectivity index (χ1) is 20.6. The van der Waals surface area contributed by atoms with Gasteiger partial charge < -0.3 is 25.8 Å². The molecule has 2 atom stereocenters. The van der Waals surface area contributed by atoms with Crippen molar-refractivity contribution in [1.82, 2.24) is 30.8 Å². The molecule has 0 spiro atoms. The molecular formula is C34H42N6O2. The second-order valence-electron chi connectivity index (χ2n) is 11.2. The third kappa shape index (κ3) is 8.05. The number of hydrogen-bond donors (Lipinski definition) is 4. The van der Waals surface area contributed by atoms with Crippen LogP contribution in [0.3, 0.4) is 0 Å². The normalized spacial score (nSPS) is 15.3. The number of rotatable bonds is 13. The minimum absolute atomic E-state index is 0.152. The molecule has 42 heavy (non-hydrogen) atoms. The van der Waals surface area contributed by atoms with Gasteiger partial charge in [-0.05, 0) is 86.3 Å². The summed E-state index contributed by atoms with van der Waals surface area (Å²) in [5, 5.41) is 11.8. The number of nitrogens with one attached hydrogen (secondary N) is 4. The minimum atomic E-state index is -0.616. The number of piperidine rings is 1. The number of carbonyl (C=O) groups excluding carboxylic acids is 2. The monoisotopic (exact) mass is 566 g/mol. The summed E-state index contributed by atoms with van der Waals surface area (Å²) in [6.07, 6.45) is 8.73. The van der Waals surface area contributed by atoms with Gasteiger partial charge in [0.25, 0.3) is 5.91 Å². The molecule has 2 heterocycles. The number of fused-ring (bicyclic) bond motifs is 1. The van der Waals surface area contributed by atoms with Crippen molar-refractivity contribution in [3.63, 3.8) is 0 Å². The summed E-state index contributed by atoms with van der Waals surface area (Å²) in [5.74, 6) is 0.493. The zero-order valence-electron chi connectivity index (χ0n) is 24.4. The van der Waals surface area contributed by atoms with Crippen molar-refractivity contribution in [2.24, 2.45) is 0 Å². The van der Waals surface area contributed by atoms with E-state index in [1.54, 1.807) is 12.4 Å². The van der Waals surface area contributed by atoms with E-state index in [4.69, 9.17) is 0 Å². The molecule has 1 fully saturated rings. The first kappa shape index (κ1) is 29.5. The molecule has 8 heteroatoms. The van der Waals surface area contributed by atoms with Crippen LogP contribution in [0.25, 0.3) is 10.8 Å². The van der Waals surface area contributed by atoms with Gasteiger partial charge in [0.2, 0.25) is 5.91 Å². The van der Waals surface area contributed by atoms with E-state index in [2.05, 4.69) is 55.1 Å². The summed E-state index contributed by atoms with van der Waals surface area (Å²) >= 11 is 0. The minimum Gasteiger partial charge on any atom is -0.348 e. The van der Waals surface area contributed by atoms with Crippen LogP contribution in [0.1, 0.15) is 72.4 Å². The third-order valence-corrected chi connectivity index (χ3v) is 8.08. The molecule has 220 valence electrons. The largest absolute Gasteiger partial charge is 0.348 e. The summed E-state index contributed by atoms with van der Waals surface area (Å²) in [6.45, 7) is 6.48. The van der Waals surface area contributed by atoms with Crippen LogP contribution in [0.15, 0.2) is 79.1 Å². The Bertz CT molecular complexity index is 1420. The van der Waals surface area contributed by atoms with Crippen molar-refractivity contribution in [2.45, 2.75) is 64.2 Å². The Kier molecular flexibility index (Phi) is 10.4. The molecule has 4 N–H and O–H groups in total. The number of hydrogen-bond acceptors (Lipinski definition) is 5. The fraction of sp³-hybridized carbons (Fsp3) is 0.382. The fourth-order valence-electron chi connectivity index (χ4n) is 5.73. The van der Waals surface area contributed by atoms with Crippen molar-refractivity contribution in [3.8, 4) is 0 Å². The van der Waals surface area contributed by atoms with E-state index < -0.39 is 6.04 Å². The Hall–Kier alpha value is -4.01. The summed E-state index contributed by atoms with van der Waals surface area (Å²) in [7, 11) is 0. The number of amides is 2. The van der Waals surface area contributed by atoms with Crippen LogP contribution in [0.5, 0.6) is 0 Å². The van der Waals surface area contributed by atoms with E-state index in [1.807, 2.05) is 49.4 Å². The van der Waals surface area contributed by atoms with Gasteiger partial charge in [0, 0.05) is 24.5 Å². The number of likely N-dealkylation sites (tertiary alicyclic amines) is 1. The molecule has 0 aliphatic carbocycles. The van der Waals surface area contributed by atoms with Gasteiger partial charge >= 0.3 is 0 Å². The molecule has 1 aromatic heterocycles. The molecule has 5 rings (SSSR count).